The molecule has 0 unspecified atom stereocenters. The Morgan fingerprint density at radius 2 is 1.83 bits per heavy atom. The van der Waals surface area contributed by atoms with E-state index in [1.807, 2.05) is 45.0 Å². The van der Waals surface area contributed by atoms with Gasteiger partial charge in [0.15, 0.2) is 0 Å². The molecule has 29 heavy (non-hydrogen) atoms. The number of carbonyl (C=O) groups is 2. The summed E-state index contributed by atoms with van der Waals surface area (Å²) in [6, 6.07) is 14.8. The highest BCUT2D eigenvalue weighted by Gasteiger charge is 2.20. The molecule has 0 saturated carbocycles. The Morgan fingerprint density at radius 1 is 1.07 bits per heavy atom. The highest BCUT2D eigenvalue weighted by Crippen LogP contribution is 2.29. The molecular weight excluding hydrogens is 366 g/mol. The highest BCUT2D eigenvalue weighted by atomic mass is 16.5. The summed E-state index contributed by atoms with van der Waals surface area (Å²) in [6.07, 6.45) is 0.886. The molecule has 3 rings (SSSR count). The van der Waals surface area contributed by atoms with E-state index in [1.54, 1.807) is 24.3 Å². The lowest BCUT2D eigenvalue weighted by molar-refractivity contribution is 0.0756. The Balaban J connectivity index is 1.81. The van der Waals surface area contributed by atoms with Crippen LogP contribution in [0.2, 0.25) is 0 Å². The van der Waals surface area contributed by atoms with Gasteiger partial charge in [0.25, 0.3) is 11.8 Å². The summed E-state index contributed by atoms with van der Waals surface area (Å²) in [6.45, 7) is 7.01. The molecule has 3 N–H and O–H groups in total. The first-order valence-electron chi connectivity index (χ1n) is 9.84. The van der Waals surface area contributed by atoms with Gasteiger partial charge in [-0.15, -0.1) is 0 Å². The minimum atomic E-state index is -0.258. The fourth-order valence-corrected chi connectivity index (χ4v) is 3.06. The Bertz CT molecular complexity index is 993. The van der Waals surface area contributed by atoms with Crippen LogP contribution in [0.25, 0.3) is 10.9 Å². The van der Waals surface area contributed by atoms with Crippen molar-refractivity contribution in [3.05, 3.63) is 65.4 Å². The predicted molar refractivity (Wildman–Crippen MR) is 115 cm³/mol. The maximum absolute atomic E-state index is 12.8. The lowest BCUT2D eigenvalue weighted by Crippen LogP contribution is -2.27. The molecule has 2 aromatic carbocycles. The van der Waals surface area contributed by atoms with E-state index >= 15 is 0 Å². The zero-order valence-corrected chi connectivity index (χ0v) is 17.0. The summed E-state index contributed by atoms with van der Waals surface area (Å²) >= 11 is 0. The Labute approximate surface area is 170 Å². The molecule has 0 aliphatic rings. The smallest absolute Gasteiger partial charge is 0.269 e. The van der Waals surface area contributed by atoms with Gasteiger partial charge in [-0.2, -0.15) is 0 Å². The van der Waals surface area contributed by atoms with Gasteiger partial charge >= 0.3 is 0 Å². The zero-order valence-electron chi connectivity index (χ0n) is 17.0. The van der Waals surface area contributed by atoms with Crippen molar-refractivity contribution in [2.24, 2.45) is 0 Å². The fraction of sp³-hybridized carbons (Fsp3) is 0.304. The van der Waals surface area contributed by atoms with Crippen LogP contribution in [0.3, 0.4) is 0 Å². The molecule has 152 valence electrons. The van der Waals surface area contributed by atoms with Crippen LogP contribution >= 0.6 is 0 Å². The lowest BCUT2D eigenvalue weighted by atomic mass is 10.1. The number of fused-ring (bicyclic) bond motifs is 1. The third-order valence-corrected chi connectivity index (χ3v) is 4.51. The van der Waals surface area contributed by atoms with Gasteiger partial charge in [0.1, 0.15) is 5.69 Å². The van der Waals surface area contributed by atoms with Gasteiger partial charge < -0.3 is 20.4 Å². The van der Waals surface area contributed by atoms with E-state index in [9.17, 15) is 9.59 Å². The van der Waals surface area contributed by atoms with Crippen LogP contribution < -0.4 is 10.6 Å². The second-order valence-corrected chi connectivity index (χ2v) is 7.27. The summed E-state index contributed by atoms with van der Waals surface area (Å²) in [7, 11) is 0. The first-order chi connectivity index (χ1) is 14.0. The van der Waals surface area contributed by atoms with Crippen LogP contribution in [0, 0.1) is 6.92 Å². The van der Waals surface area contributed by atoms with Crippen molar-refractivity contribution in [1.29, 1.82) is 0 Å². The van der Waals surface area contributed by atoms with Crippen LogP contribution in [0.5, 0.6) is 0 Å². The van der Waals surface area contributed by atoms with Crippen LogP contribution in [-0.4, -0.2) is 36.1 Å². The Kier molecular flexibility index (Phi) is 6.67. The molecule has 0 spiro atoms. The Morgan fingerprint density at radius 3 is 2.55 bits per heavy atom. The lowest BCUT2D eigenvalue weighted by Gasteiger charge is -2.10. The first kappa shape index (κ1) is 20.6. The van der Waals surface area contributed by atoms with Gasteiger partial charge in [-0.05, 0) is 51.5 Å². The predicted octanol–water partition coefficient (Wildman–Crippen LogP) is 4.27. The molecule has 6 nitrogen and oxygen atoms in total. The molecule has 0 aliphatic carbocycles. The summed E-state index contributed by atoms with van der Waals surface area (Å²) in [5.74, 6) is -0.515. The highest BCUT2D eigenvalue weighted by molar-refractivity contribution is 6.15. The SMILES string of the molecule is Cc1ccc2[nH]c(C(=O)NCCCOC(C)C)c(NC(=O)c3ccccc3)c2c1. The van der Waals surface area contributed by atoms with E-state index in [0.717, 1.165) is 22.9 Å². The molecule has 0 bridgehead atoms. The number of aryl methyl sites for hydroxylation is 1. The molecule has 3 aromatic rings. The monoisotopic (exact) mass is 393 g/mol. The molecule has 2 amide bonds. The molecule has 0 saturated heterocycles. The van der Waals surface area contributed by atoms with Gasteiger partial charge in [0, 0.05) is 29.6 Å². The van der Waals surface area contributed by atoms with Crippen molar-refractivity contribution in [2.45, 2.75) is 33.3 Å². The maximum Gasteiger partial charge on any atom is 0.269 e. The number of H-pyrrole nitrogens is 1. The number of benzene rings is 2. The van der Waals surface area contributed by atoms with Gasteiger partial charge in [0.2, 0.25) is 0 Å². The maximum atomic E-state index is 12.8. The molecule has 0 fully saturated rings. The number of carbonyl (C=O) groups excluding carboxylic acids is 2. The number of amides is 2. The van der Waals surface area contributed by atoms with Crippen molar-refractivity contribution in [3.63, 3.8) is 0 Å². The number of aromatic amines is 1. The number of anilines is 1. The van der Waals surface area contributed by atoms with Crippen molar-refractivity contribution < 1.29 is 14.3 Å². The van der Waals surface area contributed by atoms with Crippen LogP contribution in [-0.2, 0) is 4.74 Å². The summed E-state index contributed by atoms with van der Waals surface area (Å²) in [5, 5.41) is 6.63. The van der Waals surface area contributed by atoms with E-state index in [1.165, 1.54) is 0 Å². The Hall–Kier alpha value is -3.12. The number of hydrogen-bond acceptors (Lipinski definition) is 3. The molecule has 6 heteroatoms. The average molecular weight is 393 g/mol. The number of nitrogens with one attached hydrogen (secondary N) is 3. The van der Waals surface area contributed by atoms with Crippen molar-refractivity contribution in [3.8, 4) is 0 Å². The zero-order chi connectivity index (χ0) is 20.8. The third kappa shape index (κ3) is 5.23. The van der Waals surface area contributed by atoms with Crippen LogP contribution in [0.4, 0.5) is 5.69 Å². The number of rotatable bonds is 8. The fourth-order valence-electron chi connectivity index (χ4n) is 3.06. The number of hydrogen-bond donors (Lipinski definition) is 3. The van der Waals surface area contributed by atoms with Crippen LogP contribution in [0.15, 0.2) is 48.5 Å². The summed E-state index contributed by atoms with van der Waals surface area (Å²) in [5.41, 5.74) is 3.22. The van der Waals surface area contributed by atoms with E-state index in [0.29, 0.717) is 30.1 Å². The average Bonchev–Trinajstić information content (AvgIpc) is 3.05. The molecule has 0 radical (unpaired) electrons. The van der Waals surface area contributed by atoms with Gasteiger partial charge in [-0.25, -0.2) is 0 Å². The van der Waals surface area contributed by atoms with Crippen molar-refractivity contribution >= 4 is 28.4 Å². The largest absolute Gasteiger partial charge is 0.379 e. The first-order valence-corrected chi connectivity index (χ1v) is 9.84. The van der Waals surface area contributed by atoms with Crippen molar-refractivity contribution in [1.82, 2.24) is 10.3 Å². The normalized spacial score (nSPS) is 11.0. The summed E-state index contributed by atoms with van der Waals surface area (Å²) < 4.78 is 5.50. The quantitative estimate of drug-likeness (QED) is 0.500. The minimum Gasteiger partial charge on any atom is -0.379 e. The number of aromatic nitrogens is 1. The van der Waals surface area contributed by atoms with E-state index in [4.69, 9.17) is 4.74 Å². The van der Waals surface area contributed by atoms with E-state index < -0.39 is 0 Å². The molecule has 0 aliphatic heterocycles. The van der Waals surface area contributed by atoms with Crippen LogP contribution in [0.1, 0.15) is 46.7 Å². The molecule has 0 atom stereocenters. The van der Waals surface area contributed by atoms with E-state index in [2.05, 4.69) is 15.6 Å². The topological polar surface area (TPSA) is 83.2 Å². The molecule has 1 heterocycles. The minimum absolute atomic E-state index is 0.169. The third-order valence-electron chi connectivity index (χ3n) is 4.51. The summed E-state index contributed by atoms with van der Waals surface area (Å²) in [4.78, 5) is 28.7. The molecular formula is C23H27N3O3. The number of ether oxygens (including phenoxy) is 1. The second-order valence-electron chi connectivity index (χ2n) is 7.27. The van der Waals surface area contributed by atoms with Crippen molar-refractivity contribution in [2.75, 3.05) is 18.5 Å². The van der Waals surface area contributed by atoms with Gasteiger partial charge in [0.05, 0.1) is 11.8 Å². The second kappa shape index (κ2) is 9.39. The van der Waals surface area contributed by atoms with E-state index in [-0.39, 0.29) is 17.9 Å². The standard InChI is InChI=1S/C23H27N3O3/c1-15(2)29-13-7-12-24-23(28)21-20(18-14-16(3)10-11-19(18)25-21)26-22(27)17-8-5-4-6-9-17/h4-6,8-11,14-15,25H,7,12-13H2,1-3H3,(H,24,28)(H,26,27). The molecule has 1 aromatic heterocycles. The van der Waals surface area contributed by atoms with Gasteiger partial charge in [-0.3, -0.25) is 9.59 Å². The van der Waals surface area contributed by atoms with Gasteiger partial charge in [-0.1, -0.05) is 29.8 Å².